The van der Waals surface area contributed by atoms with Gasteiger partial charge in [0.25, 0.3) is 0 Å². The molecule has 0 saturated heterocycles. The van der Waals surface area contributed by atoms with E-state index in [1.54, 1.807) is 0 Å². The van der Waals surface area contributed by atoms with Crippen molar-refractivity contribution in [2.75, 3.05) is 0 Å². The van der Waals surface area contributed by atoms with Crippen LogP contribution in [0.4, 0.5) is 0 Å². The molecular formula is C11H19IN2O3. The maximum Gasteiger partial charge on any atom is 0.303 e. The van der Waals surface area contributed by atoms with Gasteiger partial charge in [-0.25, -0.2) is 0 Å². The molecule has 1 aliphatic rings. The number of hydrogen-bond donors (Lipinski definition) is 3. The van der Waals surface area contributed by atoms with E-state index in [0.717, 1.165) is 25.7 Å². The molecule has 98 valence electrons. The van der Waals surface area contributed by atoms with Crippen LogP contribution in [0.15, 0.2) is 0 Å². The molecule has 0 spiro atoms. The summed E-state index contributed by atoms with van der Waals surface area (Å²) in [5, 5.41) is 11.4. The van der Waals surface area contributed by atoms with E-state index in [-0.39, 0.29) is 18.4 Å². The highest BCUT2D eigenvalue weighted by atomic mass is 127. The zero-order valence-corrected chi connectivity index (χ0v) is 11.9. The first-order valence-electron chi connectivity index (χ1n) is 5.99. The molecule has 0 aromatic rings. The molecule has 6 heteroatoms. The number of aliphatic carboxylic acids is 1. The molecule has 0 atom stereocenters. The van der Waals surface area contributed by atoms with Gasteiger partial charge in [0.15, 0.2) is 0 Å². The van der Waals surface area contributed by atoms with Crippen LogP contribution in [0.1, 0.15) is 44.9 Å². The van der Waals surface area contributed by atoms with Crippen LogP contribution in [0, 0.1) is 0 Å². The lowest BCUT2D eigenvalue weighted by molar-refractivity contribution is -0.137. The van der Waals surface area contributed by atoms with Gasteiger partial charge < -0.3 is 10.4 Å². The fourth-order valence-electron chi connectivity index (χ4n) is 2.05. The molecule has 1 aliphatic carbocycles. The molecule has 0 aromatic carbocycles. The summed E-state index contributed by atoms with van der Waals surface area (Å²) in [5.74, 6) is -0.858. The van der Waals surface area contributed by atoms with Crippen molar-refractivity contribution in [1.29, 1.82) is 0 Å². The first kappa shape index (κ1) is 14.7. The predicted octanol–water partition coefficient (Wildman–Crippen LogP) is 1.61. The van der Waals surface area contributed by atoms with Crippen LogP contribution in [0.2, 0.25) is 0 Å². The largest absolute Gasteiger partial charge is 0.481 e. The third kappa shape index (κ3) is 6.21. The molecule has 1 saturated carbocycles. The van der Waals surface area contributed by atoms with Crippen molar-refractivity contribution in [3.63, 3.8) is 0 Å². The van der Waals surface area contributed by atoms with Crippen LogP contribution in [-0.2, 0) is 9.59 Å². The Balaban J connectivity index is 2.12. The highest BCUT2D eigenvalue weighted by Gasteiger charge is 2.21. The van der Waals surface area contributed by atoms with Gasteiger partial charge in [0, 0.05) is 47.8 Å². The summed E-state index contributed by atoms with van der Waals surface area (Å²) >= 11 is 2.17. The molecule has 3 N–H and O–H groups in total. The molecule has 0 unspecified atom stereocenters. The van der Waals surface area contributed by atoms with Crippen LogP contribution < -0.4 is 8.85 Å². The van der Waals surface area contributed by atoms with E-state index in [9.17, 15) is 9.59 Å². The monoisotopic (exact) mass is 354 g/mol. The lowest BCUT2D eigenvalue weighted by atomic mass is 9.92. The van der Waals surface area contributed by atoms with Crippen molar-refractivity contribution in [3.05, 3.63) is 0 Å². The normalized spacial score (nSPS) is 24.3. The summed E-state index contributed by atoms with van der Waals surface area (Å²) in [6.07, 6.45) is 4.99. The molecule has 0 heterocycles. The summed E-state index contributed by atoms with van der Waals surface area (Å²) < 4.78 is 3.22. The minimum absolute atomic E-state index is 0.0165. The average molecular weight is 354 g/mol. The Kier molecular flexibility index (Phi) is 6.79. The maximum absolute atomic E-state index is 11.5. The summed E-state index contributed by atoms with van der Waals surface area (Å²) in [6.45, 7) is 0. The molecule has 0 aromatic heterocycles. The van der Waals surface area contributed by atoms with E-state index in [1.807, 2.05) is 0 Å². The predicted molar refractivity (Wildman–Crippen MR) is 72.8 cm³/mol. The number of carboxylic acid groups (broad SMARTS) is 1. The summed E-state index contributed by atoms with van der Waals surface area (Å²) in [4.78, 5) is 21.8. The van der Waals surface area contributed by atoms with E-state index in [2.05, 4.69) is 31.7 Å². The minimum Gasteiger partial charge on any atom is -0.481 e. The third-order valence-corrected chi connectivity index (χ3v) is 3.92. The van der Waals surface area contributed by atoms with Crippen LogP contribution in [0.25, 0.3) is 0 Å². The van der Waals surface area contributed by atoms with Gasteiger partial charge in [-0.1, -0.05) is 0 Å². The molecule has 0 radical (unpaired) electrons. The average Bonchev–Trinajstić information content (AvgIpc) is 2.29. The summed E-state index contributed by atoms with van der Waals surface area (Å²) in [7, 11) is 0. The molecule has 1 rings (SSSR count). The number of halogens is 1. The van der Waals surface area contributed by atoms with Gasteiger partial charge in [0.05, 0.1) is 0 Å². The number of rotatable bonds is 6. The topological polar surface area (TPSA) is 78.4 Å². The highest BCUT2D eigenvalue weighted by molar-refractivity contribution is 14.1. The molecular weight excluding hydrogens is 335 g/mol. The Morgan fingerprint density at radius 1 is 1.12 bits per heavy atom. The van der Waals surface area contributed by atoms with Gasteiger partial charge in [0.1, 0.15) is 0 Å². The van der Waals surface area contributed by atoms with Crippen molar-refractivity contribution in [3.8, 4) is 0 Å². The highest BCUT2D eigenvalue weighted by Crippen LogP contribution is 2.19. The van der Waals surface area contributed by atoms with Crippen molar-refractivity contribution < 1.29 is 14.7 Å². The van der Waals surface area contributed by atoms with Gasteiger partial charge in [-0.2, -0.15) is 0 Å². The fraction of sp³-hybridized carbons (Fsp3) is 0.818. The number of amides is 1. The number of carboxylic acids is 1. The second-order valence-corrected chi connectivity index (χ2v) is 5.10. The first-order chi connectivity index (χ1) is 8.11. The Hall–Kier alpha value is -0.370. The Morgan fingerprint density at radius 3 is 2.24 bits per heavy atom. The van der Waals surface area contributed by atoms with Gasteiger partial charge in [0.2, 0.25) is 5.91 Å². The van der Waals surface area contributed by atoms with E-state index in [0.29, 0.717) is 18.9 Å². The number of carbonyl (C=O) groups excluding carboxylic acids is 1. The third-order valence-electron chi connectivity index (χ3n) is 3.04. The van der Waals surface area contributed by atoms with Crippen molar-refractivity contribution in [1.82, 2.24) is 8.85 Å². The molecule has 5 nitrogen and oxygen atoms in total. The van der Waals surface area contributed by atoms with Crippen LogP contribution >= 0.6 is 22.9 Å². The van der Waals surface area contributed by atoms with Gasteiger partial charge in [-0.05, 0) is 32.1 Å². The van der Waals surface area contributed by atoms with Gasteiger partial charge in [-0.15, -0.1) is 0 Å². The lowest BCUT2D eigenvalue weighted by Crippen LogP contribution is -2.40. The number of nitrogens with one attached hydrogen (secondary N) is 2. The Bertz CT molecular complexity index is 265. The van der Waals surface area contributed by atoms with Crippen LogP contribution in [-0.4, -0.2) is 29.1 Å². The van der Waals surface area contributed by atoms with Crippen molar-refractivity contribution in [2.45, 2.75) is 57.0 Å². The fourth-order valence-corrected chi connectivity index (χ4v) is 2.67. The van der Waals surface area contributed by atoms with E-state index < -0.39 is 5.97 Å². The summed E-state index contributed by atoms with van der Waals surface area (Å²) in [5.41, 5.74) is 0. The maximum atomic E-state index is 11.5. The Morgan fingerprint density at radius 2 is 1.71 bits per heavy atom. The number of carbonyl (C=O) groups is 2. The van der Waals surface area contributed by atoms with Gasteiger partial charge >= 0.3 is 5.97 Å². The molecule has 1 fully saturated rings. The molecule has 17 heavy (non-hydrogen) atoms. The zero-order chi connectivity index (χ0) is 12.7. The SMILES string of the molecule is O=C(O)CCCC(=O)N[C@H]1CC[C@H](NI)CC1. The summed E-state index contributed by atoms with van der Waals surface area (Å²) in [6, 6.07) is 0.837. The second-order valence-electron chi connectivity index (χ2n) is 4.47. The second kappa shape index (κ2) is 7.86. The van der Waals surface area contributed by atoms with Crippen LogP contribution in [0.5, 0.6) is 0 Å². The van der Waals surface area contributed by atoms with E-state index >= 15 is 0 Å². The quantitative estimate of drug-likeness (QED) is 0.500. The smallest absolute Gasteiger partial charge is 0.303 e. The standard InChI is InChI=1S/C11H19IN2O3/c12-14-9-6-4-8(5-7-9)13-10(15)2-1-3-11(16)17/h8-9,14H,1-7H2,(H,13,15)(H,16,17)/t8-,9-. The Labute approximate surface area is 115 Å². The minimum atomic E-state index is -0.841. The first-order valence-corrected chi connectivity index (χ1v) is 7.07. The van der Waals surface area contributed by atoms with Crippen LogP contribution in [0.3, 0.4) is 0 Å². The molecule has 0 bridgehead atoms. The van der Waals surface area contributed by atoms with E-state index in [4.69, 9.17) is 5.11 Å². The zero-order valence-electron chi connectivity index (χ0n) is 9.75. The van der Waals surface area contributed by atoms with Crippen molar-refractivity contribution >= 4 is 34.7 Å². The molecule has 1 amide bonds. The molecule has 0 aliphatic heterocycles. The number of hydrogen-bond acceptors (Lipinski definition) is 3. The van der Waals surface area contributed by atoms with Gasteiger partial charge in [-0.3, -0.25) is 13.1 Å². The van der Waals surface area contributed by atoms with E-state index in [1.165, 1.54) is 0 Å². The lowest BCUT2D eigenvalue weighted by Gasteiger charge is -2.28. The van der Waals surface area contributed by atoms with Crippen molar-refractivity contribution in [2.24, 2.45) is 0 Å².